The third-order valence-corrected chi connectivity index (χ3v) is 4.97. The van der Waals surface area contributed by atoms with Crippen LogP contribution < -0.4 is 0 Å². The second kappa shape index (κ2) is 6.34. The SMILES string of the molecule is CCN1CC[C@@H](C(C#N)(c2ccccc2)c2ccccc2)C1. The summed E-state index contributed by atoms with van der Waals surface area (Å²) in [6, 6.07) is 23.3. The average Bonchev–Trinajstić information content (AvgIpc) is 3.08. The molecule has 2 aromatic rings. The fraction of sp³-hybridized carbons (Fsp3) is 0.350. The summed E-state index contributed by atoms with van der Waals surface area (Å²) in [5, 5.41) is 10.2. The van der Waals surface area contributed by atoms with Crippen molar-refractivity contribution in [3.8, 4) is 6.07 Å². The van der Waals surface area contributed by atoms with Crippen LogP contribution in [-0.2, 0) is 5.41 Å². The number of rotatable bonds is 4. The molecule has 0 spiro atoms. The number of hydrogen-bond donors (Lipinski definition) is 0. The fourth-order valence-corrected chi connectivity index (χ4v) is 3.73. The number of nitriles is 1. The van der Waals surface area contributed by atoms with E-state index in [4.69, 9.17) is 0 Å². The lowest BCUT2D eigenvalue weighted by Gasteiger charge is -2.34. The summed E-state index contributed by atoms with van der Waals surface area (Å²) in [7, 11) is 0. The molecule has 0 amide bonds. The second-order valence-corrected chi connectivity index (χ2v) is 6.03. The Morgan fingerprint density at radius 2 is 1.59 bits per heavy atom. The summed E-state index contributed by atoms with van der Waals surface area (Å²) in [5.74, 6) is 0.335. The minimum Gasteiger partial charge on any atom is -0.303 e. The number of benzene rings is 2. The molecule has 2 aromatic carbocycles. The highest BCUT2D eigenvalue weighted by atomic mass is 15.1. The van der Waals surface area contributed by atoms with Crippen LogP contribution in [0.4, 0.5) is 0 Å². The molecule has 1 aliphatic heterocycles. The van der Waals surface area contributed by atoms with Gasteiger partial charge in [0.05, 0.1) is 6.07 Å². The van der Waals surface area contributed by atoms with Gasteiger partial charge in [-0.15, -0.1) is 0 Å². The number of hydrogen-bond acceptors (Lipinski definition) is 2. The molecular weight excluding hydrogens is 268 g/mol. The van der Waals surface area contributed by atoms with Crippen molar-refractivity contribution < 1.29 is 0 Å². The highest BCUT2D eigenvalue weighted by molar-refractivity contribution is 5.47. The molecule has 0 bridgehead atoms. The van der Waals surface area contributed by atoms with Gasteiger partial charge in [-0.2, -0.15) is 5.26 Å². The molecule has 1 heterocycles. The van der Waals surface area contributed by atoms with Gasteiger partial charge in [-0.25, -0.2) is 0 Å². The molecule has 22 heavy (non-hydrogen) atoms. The van der Waals surface area contributed by atoms with Crippen LogP contribution in [0.3, 0.4) is 0 Å². The average molecular weight is 290 g/mol. The van der Waals surface area contributed by atoms with Gasteiger partial charge in [-0.1, -0.05) is 67.6 Å². The van der Waals surface area contributed by atoms with E-state index in [9.17, 15) is 5.26 Å². The maximum Gasteiger partial charge on any atom is 0.111 e. The normalized spacial score (nSPS) is 19.0. The molecule has 0 aromatic heterocycles. The van der Waals surface area contributed by atoms with E-state index >= 15 is 0 Å². The third kappa shape index (κ3) is 2.42. The van der Waals surface area contributed by atoms with Crippen LogP contribution in [0.1, 0.15) is 24.5 Å². The van der Waals surface area contributed by atoms with Crippen molar-refractivity contribution in [3.05, 3.63) is 71.8 Å². The maximum atomic E-state index is 10.2. The monoisotopic (exact) mass is 290 g/mol. The van der Waals surface area contributed by atoms with Gasteiger partial charge < -0.3 is 4.90 Å². The first-order valence-corrected chi connectivity index (χ1v) is 8.06. The van der Waals surface area contributed by atoms with Crippen LogP contribution in [0.25, 0.3) is 0 Å². The molecule has 0 radical (unpaired) electrons. The molecule has 0 aliphatic carbocycles. The fourth-order valence-electron chi connectivity index (χ4n) is 3.73. The summed E-state index contributed by atoms with van der Waals surface area (Å²) in [4.78, 5) is 2.45. The molecule has 112 valence electrons. The van der Waals surface area contributed by atoms with E-state index in [0.29, 0.717) is 5.92 Å². The van der Waals surface area contributed by atoms with Gasteiger partial charge in [0.25, 0.3) is 0 Å². The Balaban J connectivity index is 2.12. The van der Waals surface area contributed by atoms with Crippen molar-refractivity contribution in [2.75, 3.05) is 19.6 Å². The Bertz CT molecular complexity index is 603. The summed E-state index contributed by atoms with van der Waals surface area (Å²) in [5.41, 5.74) is 1.69. The zero-order chi connectivity index (χ0) is 15.4. The molecule has 1 fully saturated rings. The van der Waals surface area contributed by atoms with E-state index in [1.807, 2.05) is 36.4 Å². The van der Waals surface area contributed by atoms with Crippen molar-refractivity contribution in [3.63, 3.8) is 0 Å². The summed E-state index contributed by atoms with van der Waals surface area (Å²) < 4.78 is 0. The maximum absolute atomic E-state index is 10.2. The Labute approximate surface area is 133 Å². The van der Waals surface area contributed by atoms with Crippen LogP contribution in [0, 0.1) is 17.2 Å². The molecule has 1 atom stereocenters. The Hall–Kier alpha value is -2.11. The lowest BCUT2D eigenvalue weighted by Crippen LogP contribution is -2.37. The summed E-state index contributed by atoms with van der Waals surface area (Å²) >= 11 is 0. The Morgan fingerprint density at radius 3 is 2.00 bits per heavy atom. The lowest BCUT2D eigenvalue weighted by atomic mass is 9.66. The van der Waals surface area contributed by atoms with Gasteiger partial charge in [0.15, 0.2) is 0 Å². The van der Waals surface area contributed by atoms with Crippen molar-refractivity contribution in [2.24, 2.45) is 5.92 Å². The Kier molecular flexibility index (Phi) is 4.27. The van der Waals surface area contributed by atoms with Gasteiger partial charge >= 0.3 is 0 Å². The lowest BCUT2D eigenvalue weighted by molar-refractivity contribution is 0.319. The van der Waals surface area contributed by atoms with Gasteiger partial charge in [-0.05, 0) is 36.6 Å². The first kappa shape index (κ1) is 14.8. The van der Waals surface area contributed by atoms with Crippen molar-refractivity contribution in [2.45, 2.75) is 18.8 Å². The molecule has 0 unspecified atom stereocenters. The van der Waals surface area contributed by atoms with Gasteiger partial charge in [0.1, 0.15) is 5.41 Å². The van der Waals surface area contributed by atoms with Gasteiger partial charge in [0, 0.05) is 6.54 Å². The minimum absolute atomic E-state index is 0.335. The van der Waals surface area contributed by atoms with E-state index in [2.05, 4.69) is 42.2 Å². The minimum atomic E-state index is -0.549. The van der Waals surface area contributed by atoms with E-state index < -0.39 is 5.41 Å². The summed E-state index contributed by atoms with van der Waals surface area (Å²) in [6.45, 7) is 5.33. The topological polar surface area (TPSA) is 27.0 Å². The van der Waals surface area contributed by atoms with E-state index in [1.54, 1.807) is 0 Å². The highest BCUT2D eigenvalue weighted by Gasteiger charge is 2.45. The number of nitrogens with zero attached hydrogens (tertiary/aromatic N) is 2. The molecule has 0 saturated carbocycles. The predicted octanol–water partition coefficient (Wildman–Crippen LogP) is 3.84. The number of likely N-dealkylation sites (tertiary alicyclic amines) is 1. The molecule has 1 aliphatic rings. The molecular formula is C20H22N2. The first-order valence-electron chi connectivity index (χ1n) is 8.06. The van der Waals surface area contributed by atoms with E-state index in [1.165, 1.54) is 0 Å². The standard InChI is InChI=1S/C20H22N2/c1-2-22-14-13-19(15-22)20(16-21,17-9-5-3-6-10-17)18-11-7-4-8-12-18/h3-12,19H,2,13-15H2,1H3/t19-/m1/s1. The van der Waals surface area contributed by atoms with Crippen LogP contribution in [0.15, 0.2) is 60.7 Å². The molecule has 2 heteroatoms. The van der Waals surface area contributed by atoms with Gasteiger partial charge in [-0.3, -0.25) is 0 Å². The molecule has 0 N–H and O–H groups in total. The first-order chi connectivity index (χ1) is 10.8. The largest absolute Gasteiger partial charge is 0.303 e. The zero-order valence-corrected chi connectivity index (χ0v) is 13.1. The zero-order valence-electron chi connectivity index (χ0n) is 13.1. The van der Waals surface area contributed by atoms with E-state index in [0.717, 1.165) is 37.2 Å². The Morgan fingerprint density at radius 1 is 1.05 bits per heavy atom. The van der Waals surface area contributed by atoms with E-state index in [-0.39, 0.29) is 0 Å². The van der Waals surface area contributed by atoms with Crippen LogP contribution >= 0.6 is 0 Å². The third-order valence-electron chi connectivity index (χ3n) is 4.97. The quantitative estimate of drug-likeness (QED) is 0.855. The van der Waals surface area contributed by atoms with Crippen LogP contribution in [0.2, 0.25) is 0 Å². The van der Waals surface area contributed by atoms with Crippen molar-refractivity contribution in [1.29, 1.82) is 5.26 Å². The molecule has 1 saturated heterocycles. The van der Waals surface area contributed by atoms with Gasteiger partial charge in [0.2, 0.25) is 0 Å². The predicted molar refractivity (Wildman–Crippen MR) is 89.5 cm³/mol. The van der Waals surface area contributed by atoms with Crippen molar-refractivity contribution in [1.82, 2.24) is 4.90 Å². The van der Waals surface area contributed by atoms with Crippen molar-refractivity contribution >= 4 is 0 Å². The van der Waals surface area contributed by atoms with Crippen LogP contribution in [0.5, 0.6) is 0 Å². The highest BCUT2D eigenvalue weighted by Crippen LogP contribution is 2.43. The summed E-state index contributed by atoms with van der Waals surface area (Å²) in [6.07, 6.45) is 1.07. The van der Waals surface area contributed by atoms with Crippen LogP contribution in [-0.4, -0.2) is 24.5 Å². The smallest absolute Gasteiger partial charge is 0.111 e. The molecule has 2 nitrogen and oxygen atoms in total. The second-order valence-electron chi connectivity index (χ2n) is 6.03. The molecule has 3 rings (SSSR count).